The van der Waals surface area contributed by atoms with Crippen LogP contribution in [0.4, 0.5) is 0 Å². The molecule has 3 rings (SSSR count). The molecule has 0 bridgehead atoms. The van der Waals surface area contributed by atoms with Gasteiger partial charge in [-0.3, -0.25) is 4.79 Å². The maximum absolute atomic E-state index is 12.2. The van der Waals surface area contributed by atoms with E-state index in [0.717, 1.165) is 4.47 Å². The molecular formula is C13H8BrN3O2S. The number of hydrogen-bond acceptors (Lipinski definition) is 5. The highest BCUT2D eigenvalue weighted by Crippen LogP contribution is 2.27. The Hall–Kier alpha value is -1.99. The Balaban J connectivity index is 2.14. The first-order chi connectivity index (χ1) is 9.65. The summed E-state index contributed by atoms with van der Waals surface area (Å²) in [6, 6.07) is 7.06. The maximum Gasteiger partial charge on any atom is 0.263 e. The van der Waals surface area contributed by atoms with Gasteiger partial charge in [0.05, 0.1) is 0 Å². The van der Waals surface area contributed by atoms with Crippen LogP contribution in [-0.4, -0.2) is 20.1 Å². The normalized spacial score (nSPS) is 10.7. The van der Waals surface area contributed by atoms with E-state index in [1.54, 1.807) is 35.8 Å². The van der Waals surface area contributed by atoms with E-state index in [0.29, 0.717) is 10.6 Å². The molecule has 0 radical (unpaired) electrons. The predicted molar refractivity (Wildman–Crippen MR) is 80.8 cm³/mol. The van der Waals surface area contributed by atoms with Crippen LogP contribution < -0.4 is 5.56 Å². The minimum Gasteiger partial charge on any atom is -0.493 e. The summed E-state index contributed by atoms with van der Waals surface area (Å²) in [6.45, 7) is 0. The van der Waals surface area contributed by atoms with Crippen LogP contribution in [0.1, 0.15) is 0 Å². The van der Waals surface area contributed by atoms with E-state index in [9.17, 15) is 9.90 Å². The van der Waals surface area contributed by atoms with E-state index in [4.69, 9.17) is 0 Å². The van der Waals surface area contributed by atoms with Crippen LogP contribution >= 0.6 is 27.3 Å². The van der Waals surface area contributed by atoms with E-state index < -0.39 is 5.56 Å². The van der Waals surface area contributed by atoms with Gasteiger partial charge in [0.2, 0.25) is 5.88 Å². The molecule has 0 aliphatic heterocycles. The third kappa shape index (κ3) is 2.37. The molecular weight excluding hydrogens is 342 g/mol. The molecule has 0 aliphatic carbocycles. The van der Waals surface area contributed by atoms with E-state index in [2.05, 4.69) is 30.9 Å². The largest absolute Gasteiger partial charge is 0.493 e. The Morgan fingerprint density at radius 1 is 1.25 bits per heavy atom. The lowest BCUT2D eigenvalue weighted by atomic mass is 10.1. The molecule has 0 amide bonds. The zero-order chi connectivity index (χ0) is 14.1. The minimum absolute atomic E-state index is 0.151. The van der Waals surface area contributed by atoms with Gasteiger partial charge in [0.1, 0.15) is 5.56 Å². The second-order valence-corrected chi connectivity index (χ2v) is 5.77. The van der Waals surface area contributed by atoms with Gasteiger partial charge in [-0.1, -0.05) is 28.1 Å². The molecule has 5 nitrogen and oxygen atoms in total. The van der Waals surface area contributed by atoms with E-state index in [1.165, 1.54) is 11.3 Å². The number of nitrogens with zero attached hydrogens (tertiary/aromatic N) is 2. The molecule has 0 unspecified atom stereocenters. The summed E-state index contributed by atoms with van der Waals surface area (Å²) in [7, 11) is 0. The van der Waals surface area contributed by atoms with Gasteiger partial charge in [-0.2, -0.15) is 4.98 Å². The molecule has 0 spiro atoms. The third-order valence-corrected chi connectivity index (χ3v) is 3.98. The molecule has 1 aromatic carbocycles. The van der Waals surface area contributed by atoms with Gasteiger partial charge in [0, 0.05) is 16.0 Å². The standard InChI is InChI=1S/C13H8BrN3O2S/c14-8-3-1-7(2-4-8)9-11(18)16-10(17-12(9)19)13-15-5-6-20-13/h1-6H,(H2,16,17,18,19). The molecule has 7 heteroatoms. The van der Waals surface area contributed by atoms with Crippen LogP contribution in [0.25, 0.3) is 22.0 Å². The van der Waals surface area contributed by atoms with Gasteiger partial charge >= 0.3 is 0 Å². The van der Waals surface area contributed by atoms with Crippen LogP contribution in [0.15, 0.2) is 45.1 Å². The number of thiazole rings is 1. The van der Waals surface area contributed by atoms with Crippen LogP contribution in [0.5, 0.6) is 5.88 Å². The van der Waals surface area contributed by atoms with Crippen molar-refractivity contribution >= 4 is 27.3 Å². The van der Waals surface area contributed by atoms with Crippen LogP contribution in [0.2, 0.25) is 0 Å². The van der Waals surface area contributed by atoms with Crippen LogP contribution in [0, 0.1) is 0 Å². The fourth-order valence-electron chi connectivity index (χ4n) is 1.78. The number of aromatic amines is 1. The molecule has 2 aromatic heterocycles. The van der Waals surface area contributed by atoms with Gasteiger partial charge in [-0.25, -0.2) is 4.98 Å². The fraction of sp³-hybridized carbons (Fsp3) is 0. The van der Waals surface area contributed by atoms with Gasteiger partial charge in [-0.15, -0.1) is 11.3 Å². The highest BCUT2D eigenvalue weighted by atomic mass is 79.9. The Bertz CT molecular complexity index is 797. The lowest BCUT2D eigenvalue weighted by Crippen LogP contribution is -2.12. The summed E-state index contributed by atoms with van der Waals surface area (Å²) in [5.41, 5.74) is 0.355. The number of benzene rings is 1. The van der Waals surface area contributed by atoms with Crippen LogP contribution in [-0.2, 0) is 0 Å². The zero-order valence-corrected chi connectivity index (χ0v) is 12.4. The average Bonchev–Trinajstić information content (AvgIpc) is 2.94. The van der Waals surface area contributed by atoms with E-state index in [-0.39, 0.29) is 17.3 Å². The first kappa shape index (κ1) is 13.0. The highest BCUT2D eigenvalue weighted by Gasteiger charge is 2.14. The average molecular weight is 350 g/mol. The van der Waals surface area contributed by atoms with Crippen molar-refractivity contribution in [2.75, 3.05) is 0 Å². The van der Waals surface area contributed by atoms with Gasteiger partial charge < -0.3 is 10.1 Å². The van der Waals surface area contributed by atoms with Gasteiger partial charge in [-0.05, 0) is 17.7 Å². The maximum atomic E-state index is 12.2. The zero-order valence-electron chi connectivity index (χ0n) is 10.0. The monoisotopic (exact) mass is 349 g/mol. The molecule has 0 saturated carbocycles. The summed E-state index contributed by atoms with van der Waals surface area (Å²) in [6.07, 6.45) is 1.61. The summed E-state index contributed by atoms with van der Waals surface area (Å²) < 4.78 is 0.893. The fourth-order valence-corrected chi connectivity index (χ4v) is 2.62. The number of hydrogen-bond donors (Lipinski definition) is 2. The number of rotatable bonds is 2. The minimum atomic E-state index is -0.398. The lowest BCUT2D eigenvalue weighted by molar-refractivity contribution is 0.454. The van der Waals surface area contributed by atoms with Crippen molar-refractivity contribution < 1.29 is 5.11 Å². The molecule has 0 aliphatic rings. The van der Waals surface area contributed by atoms with E-state index in [1.807, 2.05) is 0 Å². The molecule has 100 valence electrons. The van der Waals surface area contributed by atoms with E-state index >= 15 is 0 Å². The second-order valence-electron chi connectivity index (χ2n) is 3.96. The number of halogens is 1. The first-order valence-corrected chi connectivity index (χ1v) is 7.31. The van der Waals surface area contributed by atoms with Crippen molar-refractivity contribution in [2.24, 2.45) is 0 Å². The van der Waals surface area contributed by atoms with Crippen molar-refractivity contribution in [3.63, 3.8) is 0 Å². The molecule has 3 aromatic rings. The topological polar surface area (TPSA) is 78.9 Å². The number of aromatic nitrogens is 3. The Labute approximate surface area is 126 Å². The Kier molecular flexibility index (Phi) is 3.37. The third-order valence-electron chi connectivity index (χ3n) is 2.67. The highest BCUT2D eigenvalue weighted by molar-refractivity contribution is 9.10. The summed E-state index contributed by atoms with van der Waals surface area (Å²) in [5, 5.41) is 12.4. The predicted octanol–water partition coefficient (Wildman–Crippen LogP) is 3.03. The Morgan fingerprint density at radius 3 is 2.60 bits per heavy atom. The quantitative estimate of drug-likeness (QED) is 0.745. The van der Waals surface area contributed by atoms with Crippen molar-refractivity contribution in [1.82, 2.24) is 15.0 Å². The number of H-pyrrole nitrogens is 1. The smallest absolute Gasteiger partial charge is 0.263 e. The molecule has 0 atom stereocenters. The lowest BCUT2D eigenvalue weighted by Gasteiger charge is -2.05. The second kappa shape index (κ2) is 5.18. The number of aromatic hydroxyl groups is 1. The summed E-state index contributed by atoms with van der Waals surface area (Å²) in [5.74, 6) is -0.0374. The molecule has 0 saturated heterocycles. The van der Waals surface area contributed by atoms with Crippen molar-refractivity contribution in [1.29, 1.82) is 0 Å². The first-order valence-electron chi connectivity index (χ1n) is 5.64. The summed E-state index contributed by atoms with van der Waals surface area (Å²) in [4.78, 5) is 22.9. The van der Waals surface area contributed by atoms with Crippen molar-refractivity contribution in [2.45, 2.75) is 0 Å². The molecule has 2 N–H and O–H groups in total. The SMILES string of the molecule is O=c1[nH]c(-c2nccs2)nc(O)c1-c1ccc(Br)cc1. The van der Waals surface area contributed by atoms with Crippen molar-refractivity contribution in [3.05, 3.63) is 50.7 Å². The van der Waals surface area contributed by atoms with Gasteiger partial charge in [0.15, 0.2) is 10.8 Å². The Morgan fingerprint density at radius 2 is 2.00 bits per heavy atom. The number of nitrogens with one attached hydrogen (secondary N) is 1. The summed E-state index contributed by atoms with van der Waals surface area (Å²) >= 11 is 4.66. The molecule has 0 fully saturated rings. The van der Waals surface area contributed by atoms with Crippen molar-refractivity contribution in [3.8, 4) is 27.8 Å². The van der Waals surface area contributed by atoms with Crippen LogP contribution in [0.3, 0.4) is 0 Å². The molecule has 2 heterocycles. The van der Waals surface area contributed by atoms with Gasteiger partial charge in [0.25, 0.3) is 5.56 Å². The molecule has 20 heavy (non-hydrogen) atoms.